The van der Waals surface area contributed by atoms with Gasteiger partial charge in [0.15, 0.2) is 17.3 Å². The van der Waals surface area contributed by atoms with Crippen molar-refractivity contribution in [2.45, 2.75) is 42.8 Å². The van der Waals surface area contributed by atoms with E-state index in [4.69, 9.17) is 17.3 Å². The molecule has 2 N–H and O–H groups in total. The van der Waals surface area contributed by atoms with Gasteiger partial charge in [-0.1, -0.05) is 23.7 Å². The summed E-state index contributed by atoms with van der Waals surface area (Å²) in [5.74, 6) is -5.41. The maximum Gasteiger partial charge on any atom is 0.453 e. The molecule has 0 bridgehead atoms. The molecule has 3 aromatic rings. The van der Waals surface area contributed by atoms with Crippen LogP contribution in [0.2, 0.25) is 5.02 Å². The number of aliphatic imine (C=N–C) groups is 2. The van der Waals surface area contributed by atoms with Gasteiger partial charge in [-0.2, -0.15) is 26.9 Å². The summed E-state index contributed by atoms with van der Waals surface area (Å²) in [6, 6.07) is 6.81. The number of hydrogen-bond acceptors (Lipinski definition) is 5. The number of imidazole rings is 1. The summed E-state index contributed by atoms with van der Waals surface area (Å²) < 4.78 is 66.8. The molecule has 0 aliphatic carbocycles. The van der Waals surface area contributed by atoms with Crippen molar-refractivity contribution in [1.82, 2.24) is 19.3 Å². The monoisotopic (exact) mass is 563 g/mol. The largest absolute Gasteiger partial charge is 0.453 e. The van der Waals surface area contributed by atoms with E-state index in [-0.39, 0.29) is 34.7 Å². The molecule has 1 saturated heterocycles. The highest BCUT2D eigenvalue weighted by Crippen LogP contribution is 2.53. The zero-order chi connectivity index (χ0) is 27.7. The van der Waals surface area contributed by atoms with Gasteiger partial charge < -0.3 is 15.0 Å². The van der Waals surface area contributed by atoms with Gasteiger partial charge in [-0.25, -0.2) is 15.0 Å². The van der Waals surface area contributed by atoms with Gasteiger partial charge in [0, 0.05) is 48.4 Å². The van der Waals surface area contributed by atoms with Crippen molar-refractivity contribution < 1.29 is 26.7 Å². The summed E-state index contributed by atoms with van der Waals surface area (Å²) >= 11 is 6.07. The number of alkyl halides is 5. The topological polar surface area (TPSA) is 101 Å². The molecule has 8 nitrogen and oxygen atoms in total. The molecule has 0 radical (unpaired) electrons. The van der Waals surface area contributed by atoms with Crippen LogP contribution in [0.1, 0.15) is 29.8 Å². The number of aryl methyl sites for hydroxylation is 1. The highest BCUT2D eigenvalue weighted by atomic mass is 35.5. The summed E-state index contributed by atoms with van der Waals surface area (Å²) in [5, 5.41) is 0.516. The Hall–Kier alpha value is -3.87. The molecule has 2 unspecified atom stereocenters. The average molecular weight is 564 g/mol. The molecule has 5 heterocycles. The van der Waals surface area contributed by atoms with Crippen molar-refractivity contribution in [3.8, 4) is 0 Å². The molecular formula is C25H19ClF5N7O. The van der Waals surface area contributed by atoms with E-state index in [2.05, 4.69) is 20.0 Å². The van der Waals surface area contributed by atoms with E-state index in [0.29, 0.717) is 16.2 Å². The van der Waals surface area contributed by atoms with E-state index in [0.717, 1.165) is 13.0 Å². The van der Waals surface area contributed by atoms with Crippen LogP contribution in [0.5, 0.6) is 0 Å². The normalized spacial score (nSPS) is 23.0. The molecule has 0 spiro atoms. The molecule has 39 heavy (non-hydrogen) atoms. The van der Waals surface area contributed by atoms with Crippen LogP contribution in [0, 0.1) is 0 Å². The van der Waals surface area contributed by atoms with Crippen molar-refractivity contribution in [2.24, 2.45) is 15.7 Å². The highest BCUT2D eigenvalue weighted by Gasteiger charge is 2.63. The van der Waals surface area contributed by atoms with Crippen LogP contribution in [-0.2, 0) is 16.6 Å². The second-order valence-corrected chi connectivity index (χ2v) is 10.0. The third kappa shape index (κ3) is 3.81. The lowest BCUT2D eigenvalue weighted by Crippen LogP contribution is -2.55. The fourth-order valence-corrected chi connectivity index (χ4v) is 5.48. The Labute approximate surface area is 222 Å². The number of nitrogens with zero attached hydrogens (tertiary/aromatic N) is 6. The molecular weight excluding hydrogens is 545 g/mol. The molecule has 3 aliphatic heterocycles. The number of aromatic nitrogens is 3. The van der Waals surface area contributed by atoms with Crippen molar-refractivity contribution in [2.75, 3.05) is 6.54 Å². The molecule has 202 valence electrons. The number of hydrogen-bond donors (Lipinski definition) is 1. The predicted molar refractivity (Wildman–Crippen MR) is 132 cm³/mol. The van der Waals surface area contributed by atoms with Crippen molar-refractivity contribution >= 4 is 34.8 Å². The number of nitrogens with two attached hydrogens (primary N) is 1. The standard InChI is InChI=1S/C25H19ClF5N7O/c26-14-3-1-13(2-4-14)24-15(11-37-9-6-18(24)37)20(36-22(24)39)35-19(32)17-12-38-10-8-33-21(38)16(34-17)5-7-23(27,28)25(29,30)31/h1-4,8,10-12,18H,5-7,9H2,(H2,32,35,36,39). The average Bonchev–Trinajstić information content (AvgIpc) is 3.49. The first-order chi connectivity index (χ1) is 18.4. The van der Waals surface area contributed by atoms with Gasteiger partial charge in [0.05, 0.1) is 11.7 Å². The lowest BCUT2D eigenvalue weighted by molar-refractivity contribution is -0.284. The number of amides is 1. The number of halogens is 6. The molecule has 1 aromatic carbocycles. The SMILES string of the molecule is NC(=NC1=NC(=O)C2(c3ccc(Cl)cc3)C1=CN1CCC12)c1cn2ccnc2c(CCC(F)(F)C(F)(F)F)n1. The third-order valence-electron chi connectivity index (χ3n) is 7.39. The summed E-state index contributed by atoms with van der Waals surface area (Å²) in [6.45, 7) is 0.758. The zero-order valence-corrected chi connectivity index (χ0v) is 20.7. The second-order valence-electron chi connectivity index (χ2n) is 9.57. The smallest absolute Gasteiger partial charge is 0.382 e. The van der Waals surface area contributed by atoms with E-state index >= 15 is 0 Å². The quantitative estimate of drug-likeness (QED) is 0.287. The van der Waals surface area contributed by atoms with Crippen molar-refractivity contribution in [3.05, 3.63) is 76.6 Å². The van der Waals surface area contributed by atoms with Crippen LogP contribution in [0.3, 0.4) is 0 Å². The van der Waals surface area contributed by atoms with Crippen LogP contribution in [-0.4, -0.2) is 61.5 Å². The lowest BCUT2D eigenvalue weighted by Gasteiger charge is -2.44. The minimum absolute atomic E-state index is 0.00634. The maximum atomic E-state index is 13.6. The van der Waals surface area contributed by atoms with Gasteiger partial charge in [-0.05, 0) is 30.5 Å². The van der Waals surface area contributed by atoms with Crippen molar-refractivity contribution in [1.29, 1.82) is 0 Å². The minimum Gasteiger partial charge on any atom is -0.382 e. The first-order valence-corrected chi connectivity index (χ1v) is 12.3. The third-order valence-corrected chi connectivity index (χ3v) is 7.64. The minimum atomic E-state index is -5.69. The molecule has 3 aliphatic rings. The van der Waals surface area contributed by atoms with E-state index in [9.17, 15) is 26.7 Å². The fourth-order valence-electron chi connectivity index (χ4n) is 5.36. The van der Waals surface area contributed by atoms with Gasteiger partial charge in [0.25, 0.3) is 5.91 Å². The number of rotatable bonds is 5. The molecule has 2 atom stereocenters. The Bertz CT molecular complexity index is 1590. The van der Waals surface area contributed by atoms with Gasteiger partial charge >= 0.3 is 12.1 Å². The van der Waals surface area contributed by atoms with Crippen LogP contribution in [0.15, 0.2) is 64.6 Å². The molecule has 2 aromatic heterocycles. The number of carbonyl (C=O) groups is 1. The number of benzene rings is 1. The number of amidine groups is 2. The fraction of sp³-hybridized carbons (Fsp3) is 0.320. The number of carbonyl (C=O) groups excluding carboxylic acids is 1. The zero-order valence-electron chi connectivity index (χ0n) is 20.0. The maximum absolute atomic E-state index is 13.6. The van der Waals surface area contributed by atoms with E-state index in [1.165, 1.54) is 23.0 Å². The molecule has 0 saturated carbocycles. The molecule has 1 fully saturated rings. The summed E-state index contributed by atoms with van der Waals surface area (Å²) in [4.78, 5) is 32.3. The predicted octanol–water partition coefficient (Wildman–Crippen LogP) is 4.07. The van der Waals surface area contributed by atoms with E-state index < -0.39 is 36.3 Å². The Morgan fingerprint density at radius 3 is 2.62 bits per heavy atom. The van der Waals surface area contributed by atoms with Crippen LogP contribution in [0.4, 0.5) is 22.0 Å². The van der Waals surface area contributed by atoms with Gasteiger partial charge in [0.1, 0.15) is 11.1 Å². The molecule has 1 amide bonds. The number of fused-ring (bicyclic) bond motifs is 4. The van der Waals surface area contributed by atoms with Gasteiger partial charge in [-0.15, -0.1) is 0 Å². The van der Waals surface area contributed by atoms with Crippen LogP contribution < -0.4 is 5.73 Å². The first-order valence-electron chi connectivity index (χ1n) is 11.9. The Morgan fingerprint density at radius 2 is 1.95 bits per heavy atom. The Balaban J connectivity index is 1.36. The highest BCUT2D eigenvalue weighted by molar-refractivity contribution is 6.30. The molecule has 6 rings (SSSR count). The second kappa shape index (κ2) is 8.57. The van der Waals surface area contributed by atoms with Crippen LogP contribution in [0.25, 0.3) is 5.65 Å². The summed E-state index contributed by atoms with van der Waals surface area (Å²) in [5.41, 5.74) is 6.47. The Morgan fingerprint density at radius 1 is 1.21 bits per heavy atom. The van der Waals surface area contributed by atoms with E-state index in [1.54, 1.807) is 24.3 Å². The first kappa shape index (κ1) is 25.4. The van der Waals surface area contributed by atoms with E-state index in [1.807, 2.05) is 11.1 Å². The summed E-state index contributed by atoms with van der Waals surface area (Å²) in [7, 11) is 0. The van der Waals surface area contributed by atoms with Crippen molar-refractivity contribution in [3.63, 3.8) is 0 Å². The van der Waals surface area contributed by atoms with Crippen LogP contribution >= 0.6 is 11.6 Å². The summed E-state index contributed by atoms with van der Waals surface area (Å²) in [6.07, 6.45) is -1.06. The van der Waals surface area contributed by atoms with Gasteiger partial charge in [0.2, 0.25) is 0 Å². The Kier molecular flexibility index (Phi) is 5.58. The lowest BCUT2D eigenvalue weighted by atomic mass is 9.68. The molecule has 14 heteroatoms. The van der Waals surface area contributed by atoms with Gasteiger partial charge in [-0.3, -0.25) is 4.79 Å².